The minimum Gasteiger partial charge on any atom is -0.298 e. The highest BCUT2D eigenvalue weighted by Crippen LogP contribution is 2.12. The Morgan fingerprint density at radius 3 is 3.00 bits per heavy atom. The van der Waals surface area contributed by atoms with Crippen LogP contribution in [-0.4, -0.2) is 16.9 Å². The van der Waals surface area contributed by atoms with Gasteiger partial charge in [0.15, 0.2) is 0 Å². The fourth-order valence-electron chi connectivity index (χ4n) is 1.71. The van der Waals surface area contributed by atoms with Crippen molar-refractivity contribution in [2.75, 3.05) is 7.05 Å². The van der Waals surface area contributed by atoms with Crippen LogP contribution in [0.2, 0.25) is 0 Å². The fourth-order valence-corrected chi connectivity index (χ4v) is 2.37. The zero-order valence-electron chi connectivity index (χ0n) is 9.63. The summed E-state index contributed by atoms with van der Waals surface area (Å²) in [5.74, 6) is 0. The van der Waals surface area contributed by atoms with Gasteiger partial charge in [-0.05, 0) is 35.5 Å². The first-order chi connectivity index (χ1) is 8.29. The van der Waals surface area contributed by atoms with Gasteiger partial charge in [-0.1, -0.05) is 6.07 Å². The van der Waals surface area contributed by atoms with E-state index in [2.05, 4.69) is 32.8 Å². The SMILES string of the molecule is CN(Cc1ccsc1)Cc1cccnc1C#N. The molecule has 0 saturated carbocycles. The molecule has 0 bridgehead atoms. The molecule has 0 atom stereocenters. The monoisotopic (exact) mass is 243 g/mol. The van der Waals surface area contributed by atoms with Gasteiger partial charge in [0.25, 0.3) is 0 Å². The van der Waals surface area contributed by atoms with Gasteiger partial charge in [-0.25, -0.2) is 4.98 Å². The quantitative estimate of drug-likeness (QED) is 0.828. The highest BCUT2D eigenvalue weighted by Gasteiger charge is 2.06. The van der Waals surface area contributed by atoms with Crippen molar-refractivity contribution < 1.29 is 0 Å². The van der Waals surface area contributed by atoms with Gasteiger partial charge in [-0.2, -0.15) is 16.6 Å². The number of hydrogen-bond donors (Lipinski definition) is 0. The first-order valence-corrected chi connectivity index (χ1v) is 6.27. The van der Waals surface area contributed by atoms with Gasteiger partial charge in [-0.3, -0.25) is 4.90 Å². The van der Waals surface area contributed by atoms with Gasteiger partial charge in [-0.15, -0.1) is 0 Å². The first kappa shape index (κ1) is 11.8. The Kier molecular flexibility index (Phi) is 3.86. The maximum Gasteiger partial charge on any atom is 0.144 e. The van der Waals surface area contributed by atoms with Crippen LogP contribution in [0.5, 0.6) is 0 Å². The second-order valence-corrected chi connectivity index (χ2v) is 4.71. The number of pyridine rings is 1. The molecule has 0 aliphatic rings. The molecule has 2 aromatic rings. The summed E-state index contributed by atoms with van der Waals surface area (Å²) in [5, 5.41) is 13.2. The van der Waals surface area contributed by atoms with Crippen LogP contribution >= 0.6 is 11.3 Å². The van der Waals surface area contributed by atoms with Crippen molar-refractivity contribution in [1.82, 2.24) is 9.88 Å². The summed E-state index contributed by atoms with van der Waals surface area (Å²) in [5.41, 5.74) is 2.80. The molecule has 17 heavy (non-hydrogen) atoms. The van der Waals surface area contributed by atoms with E-state index in [9.17, 15) is 0 Å². The summed E-state index contributed by atoms with van der Waals surface area (Å²) < 4.78 is 0. The smallest absolute Gasteiger partial charge is 0.144 e. The summed E-state index contributed by atoms with van der Waals surface area (Å²) in [6.07, 6.45) is 1.65. The molecule has 0 aliphatic carbocycles. The van der Waals surface area contributed by atoms with Crippen LogP contribution in [0.3, 0.4) is 0 Å². The number of nitrogens with zero attached hydrogens (tertiary/aromatic N) is 3. The highest BCUT2D eigenvalue weighted by atomic mass is 32.1. The maximum absolute atomic E-state index is 8.96. The topological polar surface area (TPSA) is 39.9 Å². The minimum absolute atomic E-state index is 0.518. The Balaban J connectivity index is 2.03. The molecule has 3 nitrogen and oxygen atoms in total. The van der Waals surface area contributed by atoms with Crippen molar-refractivity contribution in [2.45, 2.75) is 13.1 Å². The molecule has 2 rings (SSSR count). The Bertz CT molecular complexity index is 514. The average molecular weight is 243 g/mol. The van der Waals surface area contributed by atoms with E-state index in [1.165, 1.54) is 5.56 Å². The van der Waals surface area contributed by atoms with E-state index in [-0.39, 0.29) is 0 Å². The fraction of sp³-hybridized carbons (Fsp3) is 0.231. The van der Waals surface area contributed by atoms with Crippen molar-refractivity contribution in [2.24, 2.45) is 0 Å². The molecule has 0 unspecified atom stereocenters. The predicted octanol–water partition coefficient (Wildman–Crippen LogP) is 2.65. The Morgan fingerprint density at radius 2 is 2.29 bits per heavy atom. The molecule has 0 radical (unpaired) electrons. The largest absolute Gasteiger partial charge is 0.298 e. The number of aromatic nitrogens is 1. The van der Waals surface area contributed by atoms with Gasteiger partial charge in [0.1, 0.15) is 11.8 Å². The standard InChI is InChI=1S/C13H13N3S/c1-16(8-11-4-6-17-10-11)9-12-3-2-5-15-13(12)7-14/h2-6,10H,8-9H2,1H3. The maximum atomic E-state index is 8.96. The number of hydrogen-bond acceptors (Lipinski definition) is 4. The van der Waals surface area contributed by atoms with Crippen LogP contribution in [-0.2, 0) is 13.1 Å². The highest BCUT2D eigenvalue weighted by molar-refractivity contribution is 7.07. The van der Waals surface area contributed by atoms with Crippen LogP contribution < -0.4 is 0 Å². The lowest BCUT2D eigenvalue weighted by molar-refractivity contribution is 0.319. The van der Waals surface area contributed by atoms with Crippen molar-refractivity contribution in [3.05, 3.63) is 52.0 Å². The molecule has 0 saturated heterocycles. The molecule has 2 heterocycles. The number of rotatable bonds is 4. The van der Waals surface area contributed by atoms with E-state index in [0.29, 0.717) is 5.69 Å². The Morgan fingerprint density at radius 1 is 1.41 bits per heavy atom. The van der Waals surface area contributed by atoms with Gasteiger partial charge < -0.3 is 0 Å². The predicted molar refractivity (Wildman–Crippen MR) is 68.4 cm³/mol. The third-order valence-electron chi connectivity index (χ3n) is 2.47. The molecule has 4 heteroatoms. The summed E-state index contributed by atoms with van der Waals surface area (Å²) in [4.78, 5) is 6.24. The van der Waals surface area contributed by atoms with Gasteiger partial charge in [0, 0.05) is 24.8 Å². The molecule has 86 valence electrons. The Labute approximate surface area is 105 Å². The molecular weight excluding hydrogens is 230 g/mol. The lowest BCUT2D eigenvalue weighted by Crippen LogP contribution is -2.17. The molecule has 2 aromatic heterocycles. The minimum atomic E-state index is 0.518. The average Bonchev–Trinajstić information content (AvgIpc) is 2.82. The van der Waals surface area contributed by atoms with E-state index in [1.807, 2.05) is 19.2 Å². The van der Waals surface area contributed by atoms with E-state index in [0.717, 1.165) is 18.7 Å². The Hall–Kier alpha value is -1.70. The van der Waals surface area contributed by atoms with E-state index < -0.39 is 0 Å². The first-order valence-electron chi connectivity index (χ1n) is 5.33. The molecule has 0 spiro atoms. The molecule has 0 N–H and O–H groups in total. The summed E-state index contributed by atoms with van der Waals surface area (Å²) in [6.45, 7) is 1.63. The van der Waals surface area contributed by atoms with Gasteiger partial charge >= 0.3 is 0 Å². The number of thiophene rings is 1. The van der Waals surface area contributed by atoms with Gasteiger partial charge in [0.05, 0.1) is 0 Å². The van der Waals surface area contributed by atoms with Crippen LogP contribution in [0.25, 0.3) is 0 Å². The molecular formula is C13H13N3S. The molecule has 0 amide bonds. The van der Waals surface area contributed by atoms with Crippen molar-refractivity contribution in [3.8, 4) is 6.07 Å². The van der Waals surface area contributed by atoms with Gasteiger partial charge in [0.2, 0.25) is 0 Å². The van der Waals surface area contributed by atoms with E-state index >= 15 is 0 Å². The van der Waals surface area contributed by atoms with E-state index in [4.69, 9.17) is 5.26 Å². The van der Waals surface area contributed by atoms with Crippen LogP contribution in [0.1, 0.15) is 16.8 Å². The third kappa shape index (κ3) is 3.13. The molecule has 0 fully saturated rings. The second kappa shape index (κ2) is 5.58. The van der Waals surface area contributed by atoms with E-state index in [1.54, 1.807) is 17.5 Å². The zero-order valence-corrected chi connectivity index (χ0v) is 10.4. The summed E-state index contributed by atoms with van der Waals surface area (Å²) in [7, 11) is 2.05. The summed E-state index contributed by atoms with van der Waals surface area (Å²) in [6, 6.07) is 8.07. The zero-order chi connectivity index (χ0) is 12.1. The van der Waals surface area contributed by atoms with Crippen LogP contribution in [0, 0.1) is 11.3 Å². The lowest BCUT2D eigenvalue weighted by atomic mass is 10.2. The lowest BCUT2D eigenvalue weighted by Gasteiger charge is -2.16. The number of nitriles is 1. The summed E-state index contributed by atoms with van der Waals surface area (Å²) >= 11 is 1.70. The van der Waals surface area contributed by atoms with Crippen LogP contribution in [0.4, 0.5) is 0 Å². The van der Waals surface area contributed by atoms with Crippen molar-refractivity contribution in [3.63, 3.8) is 0 Å². The van der Waals surface area contributed by atoms with Crippen molar-refractivity contribution >= 4 is 11.3 Å². The normalized spacial score (nSPS) is 10.4. The van der Waals surface area contributed by atoms with Crippen LogP contribution in [0.15, 0.2) is 35.2 Å². The molecule has 0 aliphatic heterocycles. The molecule has 0 aromatic carbocycles. The van der Waals surface area contributed by atoms with Crippen molar-refractivity contribution in [1.29, 1.82) is 5.26 Å². The third-order valence-corrected chi connectivity index (χ3v) is 3.20. The second-order valence-electron chi connectivity index (χ2n) is 3.93.